The number of pyridine rings is 1. The van der Waals surface area contributed by atoms with Crippen molar-refractivity contribution in [3.05, 3.63) is 130 Å². The predicted molar refractivity (Wildman–Crippen MR) is 148 cm³/mol. The summed E-state index contributed by atoms with van der Waals surface area (Å²) in [7, 11) is 0. The minimum Gasteiger partial charge on any atom is -0.488 e. The number of allylic oxidation sites excluding steroid dienone is 1. The Hall–Kier alpha value is -5.24. The Morgan fingerprint density at radius 3 is 2.67 bits per heavy atom. The van der Waals surface area contributed by atoms with Crippen molar-refractivity contribution < 1.29 is 9.26 Å². The van der Waals surface area contributed by atoms with Crippen molar-refractivity contribution >= 4 is 22.2 Å². The van der Waals surface area contributed by atoms with Crippen molar-refractivity contribution in [3.63, 3.8) is 0 Å². The van der Waals surface area contributed by atoms with Gasteiger partial charge in [-0.1, -0.05) is 53.7 Å². The molecule has 0 bridgehead atoms. The largest absolute Gasteiger partial charge is 0.488 e. The lowest BCUT2D eigenvalue weighted by Crippen LogP contribution is -2.05. The molecule has 0 amide bonds. The van der Waals surface area contributed by atoms with Crippen LogP contribution in [0.3, 0.4) is 0 Å². The van der Waals surface area contributed by atoms with Gasteiger partial charge in [-0.2, -0.15) is 0 Å². The van der Waals surface area contributed by atoms with Crippen LogP contribution in [0.25, 0.3) is 33.7 Å². The molecule has 7 rings (SSSR count). The molecule has 8 nitrogen and oxygen atoms in total. The lowest BCUT2D eigenvalue weighted by molar-refractivity contribution is 0.307. The SMILES string of the molecule is C/C(=C1/c2ccc(Cn3c(-c4ccccn4)nc4ccccc43)cc2COc2ccccc21)c1noc(=O)[nH]1. The van der Waals surface area contributed by atoms with Crippen molar-refractivity contribution in [2.75, 3.05) is 0 Å². The maximum atomic E-state index is 11.7. The molecule has 4 heterocycles. The molecule has 1 aliphatic rings. The third-order valence-corrected chi connectivity index (χ3v) is 7.04. The van der Waals surface area contributed by atoms with E-state index in [0.29, 0.717) is 19.0 Å². The van der Waals surface area contributed by atoms with E-state index in [1.165, 1.54) is 0 Å². The molecule has 0 saturated heterocycles. The van der Waals surface area contributed by atoms with Crippen molar-refractivity contribution in [2.45, 2.75) is 20.1 Å². The van der Waals surface area contributed by atoms with Crippen LogP contribution in [0.2, 0.25) is 0 Å². The fraction of sp³-hybridized carbons (Fsp3) is 0.0968. The Morgan fingerprint density at radius 2 is 1.82 bits per heavy atom. The Labute approximate surface area is 223 Å². The first kappa shape index (κ1) is 22.9. The number of imidazole rings is 1. The van der Waals surface area contributed by atoms with E-state index in [0.717, 1.165) is 61.7 Å². The zero-order chi connectivity index (χ0) is 26.3. The fourth-order valence-electron chi connectivity index (χ4n) is 5.23. The Balaban J connectivity index is 1.36. The normalized spacial score (nSPS) is 13.9. The number of aromatic nitrogens is 5. The predicted octanol–water partition coefficient (Wildman–Crippen LogP) is 5.69. The summed E-state index contributed by atoms with van der Waals surface area (Å²) in [6.45, 7) is 2.95. The average Bonchev–Trinajstić information content (AvgIpc) is 3.53. The van der Waals surface area contributed by atoms with Gasteiger partial charge in [0.1, 0.15) is 18.1 Å². The van der Waals surface area contributed by atoms with Crippen LogP contribution in [-0.2, 0) is 13.2 Å². The van der Waals surface area contributed by atoms with Gasteiger partial charge in [-0.3, -0.25) is 14.5 Å². The number of nitrogens with one attached hydrogen (secondary N) is 1. The van der Waals surface area contributed by atoms with Crippen molar-refractivity contribution in [3.8, 4) is 17.3 Å². The van der Waals surface area contributed by atoms with Gasteiger partial charge in [-0.25, -0.2) is 9.78 Å². The molecule has 3 aromatic heterocycles. The van der Waals surface area contributed by atoms with Gasteiger partial charge >= 0.3 is 5.76 Å². The highest BCUT2D eigenvalue weighted by atomic mass is 16.5. The van der Waals surface area contributed by atoms with Crippen LogP contribution in [0, 0.1) is 0 Å². The number of rotatable bonds is 4. The van der Waals surface area contributed by atoms with Gasteiger partial charge < -0.3 is 9.30 Å². The molecule has 0 unspecified atom stereocenters. The molecule has 0 spiro atoms. The van der Waals surface area contributed by atoms with Gasteiger partial charge in [0.25, 0.3) is 0 Å². The summed E-state index contributed by atoms with van der Waals surface area (Å²) in [6.07, 6.45) is 1.79. The second-order valence-corrected chi connectivity index (χ2v) is 9.45. The summed E-state index contributed by atoms with van der Waals surface area (Å²) in [4.78, 5) is 23.9. The molecule has 6 aromatic rings. The first-order chi connectivity index (χ1) is 19.2. The van der Waals surface area contributed by atoms with E-state index >= 15 is 0 Å². The first-order valence-corrected chi connectivity index (χ1v) is 12.6. The number of para-hydroxylation sites is 3. The molecule has 1 N–H and O–H groups in total. The topological polar surface area (TPSA) is 98.8 Å². The van der Waals surface area contributed by atoms with E-state index in [4.69, 9.17) is 14.2 Å². The van der Waals surface area contributed by atoms with Crippen LogP contribution >= 0.6 is 0 Å². The first-order valence-electron chi connectivity index (χ1n) is 12.6. The Kier molecular flexibility index (Phi) is 5.44. The third kappa shape index (κ3) is 4.02. The monoisotopic (exact) mass is 513 g/mol. The van der Waals surface area contributed by atoms with E-state index in [-0.39, 0.29) is 0 Å². The van der Waals surface area contributed by atoms with Crippen LogP contribution in [0.1, 0.15) is 35.0 Å². The quantitative estimate of drug-likeness (QED) is 0.325. The van der Waals surface area contributed by atoms with Gasteiger partial charge in [0.05, 0.1) is 11.0 Å². The van der Waals surface area contributed by atoms with Crippen molar-refractivity contribution in [1.82, 2.24) is 24.7 Å². The Bertz CT molecular complexity index is 1930. The smallest absolute Gasteiger partial charge is 0.439 e. The summed E-state index contributed by atoms with van der Waals surface area (Å²) < 4.78 is 13.3. The van der Waals surface area contributed by atoms with E-state index in [2.05, 4.69) is 44.0 Å². The molecule has 190 valence electrons. The number of aromatic amines is 1. The molecule has 39 heavy (non-hydrogen) atoms. The van der Waals surface area contributed by atoms with Crippen LogP contribution in [0.15, 0.2) is 100 Å². The van der Waals surface area contributed by atoms with Gasteiger partial charge in [0.15, 0.2) is 11.6 Å². The number of H-pyrrole nitrogens is 1. The zero-order valence-electron chi connectivity index (χ0n) is 21.1. The number of nitrogens with zero attached hydrogens (tertiary/aromatic N) is 4. The highest BCUT2D eigenvalue weighted by Gasteiger charge is 2.23. The second kappa shape index (κ2) is 9.25. The van der Waals surface area contributed by atoms with E-state index in [1.54, 1.807) is 6.20 Å². The number of benzene rings is 3. The molecular formula is C31H23N5O3. The standard InChI is InChI=1S/C31H23N5O3/c1-19(29-34-31(37)39-35-29)28-22-14-13-20(16-21(22)18-38-27-12-5-2-8-23(27)28)17-36-26-11-4-3-9-24(26)33-30(36)25-10-6-7-15-32-25/h2-16H,17-18H2,1H3,(H,34,35,37)/b28-19+. The molecule has 1 aliphatic heterocycles. The summed E-state index contributed by atoms with van der Waals surface area (Å²) in [5.41, 5.74) is 8.63. The number of ether oxygens (including phenoxy) is 1. The lowest BCUT2D eigenvalue weighted by Gasteiger charge is -2.15. The highest BCUT2D eigenvalue weighted by Crippen LogP contribution is 2.40. The summed E-state index contributed by atoms with van der Waals surface area (Å²) in [5.74, 6) is 1.40. The molecule has 0 atom stereocenters. The van der Waals surface area contributed by atoms with Gasteiger partial charge in [0, 0.05) is 23.9 Å². The summed E-state index contributed by atoms with van der Waals surface area (Å²) in [5, 5.41) is 3.94. The molecule has 3 aromatic carbocycles. The van der Waals surface area contributed by atoms with E-state index < -0.39 is 5.76 Å². The zero-order valence-corrected chi connectivity index (χ0v) is 21.1. The molecular weight excluding hydrogens is 490 g/mol. The van der Waals surface area contributed by atoms with Crippen LogP contribution in [-0.4, -0.2) is 24.7 Å². The number of fused-ring (bicyclic) bond motifs is 3. The summed E-state index contributed by atoms with van der Waals surface area (Å²) >= 11 is 0. The molecule has 0 radical (unpaired) electrons. The maximum absolute atomic E-state index is 11.7. The van der Waals surface area contributed by atoms with Gasteiger partial charge in [0.2, 0.25) is 0 Å². The van der Waals surface area contributed by atoms with Crippen molar-refractivity contribution in [1.29, 1.82) is 0 Å². The summed E-state index contributed by atoms with van der Waals surface area (Å²) in [6, 6.07) is 28.3. The lowest BCUT2D eigenvalue weighted by atomic mass is 9.89. The number of hydrogen-bond donors (Lipinski definition) is 1. The molecule has 0 saturated carbocycles. The van der Waals surface area contributed by atoms with E-state index in [9.17, 15) is 4.79 Å². The minimum atomic E-state index is -0.588. The average molecular weight is 514 g/mol. The molecule has 0 aliphatic carbocycles. The van der Waals surface area contributed by atoms with Crippen molar-refractivity contribution in [2.24, 2.45) is 0 Å². The highest BCUT2D eigenvalue weighted by molar-refractivity contribution is 5.99. The second-order valence-electron chi connectivity index (χ2n) is 9.45. The van der Waals surface area contributed by atoms with Gasteiger partial charge in [-0.05, 0) is 65.6 Å². The van der Waals surface area contributed by atoms with Crippen LogP contribution < -0.4 is 10.5 Å². The minimum absolute atomic E-state index is 0.395. The maximum Gasteiger partial charge on any atom is 0.439 e. The van der Waals surface area contributed by atoms with E-state index in [1.807, 2.05) is 67.6 Å². The van der Waals surface area contributed by atoms with Gasteiger partial charge in [-0.15, -0.1) is 0 Å². The van der Waals surface area contributed by atoms with Crippen LogP contribution in [0.4, 0.5) is 0 Å². The van der Waals surface area contributed by atoms with Crippen LogP contribution in [0.5, 0.6) is 5.75 Å². The molecule has 0 fully saturated rings. The third-order valence-electron chi connectivity index (χ3n) is 7.04. The number of hydrogen-bond acceptors (Lipinski definition) is 6. The Morgan fingerprint density at radius 1 is 0.974 bits per heavy atom. The fourth-order valence-corrected chi connectivity index (χ4v) is 5.23. The molecule has 8 heteroatoms.